The van der Waals surface area contributed by atoms with Crippen LogP contribution in [0.1, 0.15) is 23.6 Å². The van der Waals surface area contributed by atoms with Crippen molar-refractivity contribution in [2.24, 2.45) is 5.73 Å². The zero-order chi connectivity index (χ0) is 24.1. The summed E-state index contributed by atoms with van der Waals surface area (Å²) in [6.45, 7) is 2.32. The van der Waals surface area contributed by atoms with Gasteiger partial charge in [0.05, 0.1) is 24.2 Å². The van der Waals surface area contributed by atoms with Gasteiger partial charge in [-0.2, -0.15) is 5.26 Å². The first-order chi connectivity index (χ1) is 16.5. The molecule has 0 aliphatic rings. The summed E-state index contributed by atoms with van der Waals surface area (Å²) in [5.74, 6) is 0.244. The number of nitrogens with two attached hydrogens (primary N) is 1. The lowest BCUT2D eigenvalue weighted by atomic mass is 10.1. The molecule has 0 fully saturated rings. The van der Waals surface area contributed by atoms with Crippen LogP contribution in [0.3, 0.4) is 0 Å². The average Bonchev–Trinajstić information content (AvgIpc) is 3.33. The molecule has 4 N–H and O–H groups in total. The van der Waals surface area contributed by atoms with E-state index < -0.39 is 16.7 Å². The second-order valence-corrected chi connectivity index (χ2v) is 8.21. The maximum atomic E-state index is 12.7. The van der Waals surface area contributed by atoms with Gasteiger partial charge in [-0.3, -0.25) is 9.59 Å². The van der Waals surface area contributed by atoms with Crippen LogP contribution in [0, 0.1) is 11.3 Å². The van der Waals surface area contributed by atoms with E-state index in [-0.39, 0.29) is 16.4 Å². The fraction of sp³-hybridized carbons (Fsp3) is 0.125. The van der Waals surface area contributed by atoms with Crippen molar-refractivity contribution >= 4 is 17.7 Å². The lowest BCUT2D eigenvalue weighted by Gasteiger charge is -2.12. The molecule has 4 rings (SSSR count). The summed E-state index contributed by atoms with van der Waals surface area (Å²) in [4.78, 5) is 39.4. The summed E-state index contributed by atoms with van der Waals surface area (Å²) in [5, 5.41) is 8.73. The first-order valence-corrected chi connectivity index (χ1v) is 11.2. The van der Waals surface area contributed by atoms with Crippen molar-refractivity contribution in [2.75, 3.05) is 6.61 Å². The summed E-state index contributed by atoms with van der Waals surface area (Å²) in [5.41, 5.74) is 7.23. The summed E-state index contributed by atoms with van der Waals surface area (Å²) in [6.07, 6.45) is 1.61. The van der Waals surface area contributed by atoms with Gasteiger partial charge in [0.2, 0.25) is 5.91 Å². The molecule has 0 bridgehead atoms. The van der Waals surface area contributed by atoms with Crippen molar-refractivity contribution in [2.45, 2.75) is 17.3 Å². The molecule has 1 atom stereocenters. The van der Waals surface area contributed by atoms with E-state index in [2.05, 4.69) is 19.9 Å². The molecular weight excluding hydrogens is 452 g/mol. The highest BCUT2D eigenvalue weighted by Crippen LogP contribution is 2.34. The van der Waals surface area contributed by atoms with Gasteiger partial charge in [-0.25, -0.2) is 9.97 Å². The second kappa shape index (κ2) is 10.1. The number of primary amides is 1. The summed E-state index contributed by atoms with van der Waals surface area (Å²) < 4.78 is 5.52. The molecule has 2 aromatic heterocycles. The van der Waals surface area contributed by atoms with Crippen molar-refractivity contribution < 1.29 is 9.53 Å². The smallest absolute Gasteiger partial charge is 0.270 e. The number of aromatic amines is 2. The van der Waals surface area contributed by atoms with Gasteiger partial charge in [0.15, 0.2) is 5.16 Å². The van der Waals surface area contributed by atoms with Crippen LogP contribution in [-0.2, 0) is 4.79 Å². The number of nitriles is 1. The van der Waals surface area contributed by atoms with E-state index in [4.69, 9.17) is 10.5 Å². The molecule has 9 nitrogen and oxygen atoms in total. The van der Waals surface area contributed by atoms with Gasteiger partial charge >= 0.3 is 0 Å². The molecule has 0 radical (unpaired) electrons. The third kappa shape index (κ3) is 4.84. The van der Waals surface area contributed by atoms with E-state index in [9.17, 15) is 14.9 Å². The Labute approximate surface area is 199 Å². The van der Waals surface area contributed by atoms with Crippen LogP contribution in [0.5, 0.6) is 5.75 Å². The van der Waals surface area contributed by atoms with Crippen molar-refractivity contribution in [3.05, 3.63) is 82.5 Å². The minimum absolute atomic E-state index is 0.127. The number of benzene rings is 2. The predicted molar refractivity (Wildman–Crippen MR) is 128 cm³/mol. The fourth-order valence-corrected chi connectivity index (χ4v) is 4.18. The number of carbonyl (C=O) groups excluding carboxylic acids is 1. The van der Waals surface area contributed by atoms with Gasteiger partial charge in [0.25, 0.3) is 5.56 Å². The Bertz CT molecular complexity index is 1420. The zero-order valence-corrected chi connectivity index (χ0v) is 18.9. The Morgan fingerprint density at radius 3 is 2.65 bits per heavy atom. The molecule has 0 saturated carbocycles. The first-order valence-electron chi connectivity index (χ1n) is 10.3. The molecule has 170 valence electrons. The van der Waals surface area contributed by atoms with Crippen LogP contribution < -0.4 is 16.0 Å². The molecular formula is C24H20N6O3S. The summed E-state index contributed by atoms with van der Waals surface area (Å²) >= 11 is 0.939. The number of H-pyrrole nitrogens is 2. The van der Waals surface area contributed by atoms with Gasteiger partial charge in [-0.15, -0.1) is 0 Å². The van der Waals surface area contributed by atoms with E-state index >= 15 is 0 Å². The van der Waals surface area contributed by atoms with E-state index in [0.717, 1.165) is 23.0 Å². The van der Waals surface area contributed by atoms with Crippen LogP contribution in [0.25, 0.3) is 22.5 Å². The number of hydrogen-bond acceptors (Lipinski definition) is 7. The molecule has 10 heteroatoms. The summed E-state index contributed by atoms with van der Waals surface area (Å²) in [6, 6.07) is 18.3. The zero-order valence-electron chi connectivity index (χ0n) is 18.1. The minimum atomic E-state index is -0.948. The lowest BCUT2D eigenvalue weighted by molar-refractivity contribution is -0.117. The van der Waals surface area contributed by atoms with E-state index in [1.54, 1.807) is 30.5 Å². The minimum Gasteiger partial charge on any atom is -0.494 e. The molecule has 0 saturated heterocycles. The number of thioether (sulfide) groups is 1. The molecule has 0 spiro atoms. The van der Waals surface area contributed by atoms with E-state index in [1.165, 1.54) is 0 Å². The Kier molecular flexibility index (Phi) is 6.75. The largest absolute Gasteiger partial charge is 0.494 e. The van der Waals surface area contributed by atoms with Gasteiger partial charge < -0.3 is 20.4 Å². The van der Waals surface area contributed by atoms with Gasteiger partial charge in [-0.1, -0.05) is 54.2 Å². The van der Waals surface area contributed by atoms with Crippen molar-refractivity contribution in [1.82, 2.24) is 19.9 Å². The van der Waals surface area contributed by atoms with Crippen LogP contribution in [0.2, 0.25) is 0 Å². The van der Waals surface area contributed by atoms with E-state index in [1.807, 2.05) is 43.3 Å². The van der Waals surface area contributed by atoms with Gasteiger partial charge in [0, 0.05) is 5.56 Å². The monoisotopic (exact) mass is 472 g/mol. The van der Waals surface area contributed by atoms with Crippen LogP contribution in [0.15, 0.2) is 70.7 Å². The second-order valence-electron chi connectivity index (χ2n) is 7.12. The molecule has 0 aliphatic heterocycles. The Morgan fingerprint density at radius 2 is 1.94 bits per heavy atom. The third-order valence-corrected chi connectivity index (χ3v) is 5.95. The van der Waals surface area contributed by atoms with E-state index in [0.29, 0.717) is 23.7 Å². The van der Waals surface area contributed by atoms with Gasteiger partial charge in [0.1, 0.15) is 28.5 Å². The standard InChI is InChI=1S/C24H20N6O3S/c1-2-33-16-10-6-9-15(11-16)19-17(12-25)23(32)30-24(29-19)34-20(21(26)31)22-27-13-18(28-22)14-7-4-3-5-8-14/h3-11,13,20H,2H2,1H3,(H2,26,31)(H,27,28)(H,29,30,32). The third-order valence-electron chi connectivity index (χ3n) is 4.84. The van der Waals surface area contributed by atoms with Crippen molar-refractivity contribution in [1.29, 1.82) is 5.26 Å². The normalized spacial score (nSPS) is 11.5. The fourth-order valence-electron chi connectivity index (χ4n) is 3.32. The lowest BCUT2D eigenvalue weighted by Crippen LogP contribution is -2.21. The number of nitrogens with zero attached hydrogens (tertiary/aromatic N) is 3. The molecule has 34 heavy (non-hydrogen) atoms. The molecule has 1 unspecified atom stereocenters. The van der Waals surface area contributed by atoms with Crippen molar-refractivity contribution in [3.63, 3.8) is 0 Å². The Balaban J connectivity index is 1.71. The highest BCUT2D eigenvalue weighted by Gasteiger charge is 2.25. The highest BCUT2D eigenvalue weighted by atomic mass is 32.2. The molecule has 4 aromatic rings. The maximum Gasteiger partial charge on any atom is 0.270 e. The molecule has 0 aliphatic carbocycles. The SMILES string of the molecule is CCOc1cccc(-c2nc(SC(C(N)=O)c3ncc(-c4ccccc4)[nH]3)[nH]c(=O)c2C#N)c1. The first kappa shape index (κ1) is 22.8. The number of amides is 1. The number of aromatic nitrogens is 4. The predicted octanol–water partition coefficient (Wildman–Crippen LogP) is 3.42. The maximum absolute atomic E-state index is 12.7. The number of rotatable bonds is 8. The van der Waals surface area contributed by atoms with Crippen LogP contribution in [-0.4, -0.2) is 32.4 Å². The Morgan fingerprint density at radius 1 is 1.18 bits per heavy atom. The summed E-state index contributed by atoms with van der Waals surface area (Å²) in [7, 11) is 0. The van der Waals surface area contributed by atoms with Gasteiger partial charge in [-0.05, 0) is 24.6 Å². The quantitative estimate of drug-likeness (QED) is 0.263. The average molecular weight is 473 g/mol. The van der Waals surface area contributed by atoms with Crippen LogP contribution >= 0.6 is 11.8 Å². The highest BCUT2D eigenvalue weighted by molar-refractivity contribution is 8.00. The molecule has 2 aromatic carbocycles. The number of imidazole rings is 1. The topological polar surface area (TPSA) is 151 Å². The molecule has 1 amide bonds. The number of nitrogens with one attached hydrogen (secondary N) is 2. The number of carbonyl (C=O) groups is 1. The Hall–Kier alpha value is -4.36. The number of ether oxygens (including phenoxy) is 1. The number of hydrogen-bond donors (Lipinski definition) is 3. The van der Waals surface area contributed by atoms with Crippen molar-refractivity contribution in [3.8, 4) is 34.3 Å². The van der Waals surface area contributed by atoms with Crippen LogP contribution in [0.4, 0.5) is 0 Å². The molecule has 2 heterocycles.